The summed E-state index contributed by atoms with van der Waals surface area (Å²) in [7, 11) is 0. The van der Waals surface area contributed by atoms with Gasteiger partial charge in [0, 0.05) is 10.2 Å². The zero-order chi connectivity index (χ0) is 14.6. The molecule has 0 aromatic heterocycles. The van der Waals surface area contributed by atoms with Gasteiger partial charge in [-0.25, -0.2) is 0 Å². The van der Waals surface area contributed by atoms with E-state index in [1.807, 2.05) is 39.0 Å². The molecule has 0 bridgehead atoms. The quantitative estimate of drug-likeness (QED) is 0.800. The normalized spacial score (nSPS) is 11.2. The van der Waals surface area contributed by atoms with Crippen molar-refractivity contribution in [1.82, 2.24) is 0 Å². The lowest BCUT2D eigenvalue weighted by Crippen LogP contribution is -2.45. The third-order valence-electron chi connectivity index (χ3n) is 3.41. The van der Waals surface area contributed by atoms with E-state index in [4.69, 9.17) is 18.0 Å². The van der Waals surface area contributed by atoms with E-state index in [9.17, 15) is 4.79 Å². The lowest BCUT2D eigenvalue weighted by atomic mass is 9.81. The van der Waals surface area contributed by atoms with Gasteiger partial charge in [-0.05, 0) is 43.5 Å². The highest BCUT2D eigenvalue weighted by atomic mass is 79.9. The number of amides is 1. The fraction of sp³-hybridized carbons (Fsp3) is 0.429. The van der Waals surface area contributed by atoms with Crippen LogP contribution in [-0.4, -0.2) is 10.9 Å². The fourth-order valence-corrected chi connectivity index (χ4v) is 3.08. The van der Waals surface area contributed by atoms with Crippen LogP contribution in [0.4, 0.5) is 5.69 Å². The second-order valence-corrected chi connectivity index (χ2v) is 5.98. The van der Waals surface area contributed by atoms with Crippen molar-refractivity contribution in [2.24, 2.45) is 11.1 Å². The van der Waals surface area contributed by atoms with E-state index in [2.05, 4.69) is 21.2 Å². The second kappa shape index (κ2) is 6.48. The first-order valence-corrected chi connectivity index (χ1v) is 7.44. The zero-order valence-corrected chi connectivity index (χ0v) is 13.8. The topological polar surface area (TPSA) is 55.1 Å². The number of carbonyl (C=O) groups excluding carboxylic acids is 1. The number of anilines is 1. The van der Waals surface area contributed by atoms with Gasteiger partial charge in [-0.2, -0.15) is 0 Å². The molecule has 0 radical (unpaired) electrons. The van der Waals surface area contributed by atoms with Crippen LogP contribution in [0.15, 0.2) is 22.7 Å². The molecule has 0 aliphatic rings. The van der Waals surface area contributed by atoms with Crippen molar-refractivity contribution in [2.75, 3.05) is 5.32 Å². The molecule has 5 heteroatoms. The van der Waals surface area contributed by atoms with Crippen LogP contribution in [-0.2, 0) is 4.79 Å². The Kier molecular flexibility index (Phi) is 5.50. The molecule has 1 rings (SSSR count). The van der Waals surface area contributed by atoms with Gasteiger partial charge >= 0.3 is 0 Å². The van der Waals surface area contributed by atoms with E-state index >= 15 is 0 Å². The minimum absolute atomic E-state index is 0.137. The minimum atomic E-state index is -0.772. The minimum Gasteiger partial charge on any atom is -0.392 e. The summed E-state index contributed by atoms with van der Waals surface area (Å²) in [6.07, 6.45) is 1.19. The smallest absolute Gasteiger partial charge is 0.237 e. The summed E-state index contributed by atoms with van der Waals surface area (Å²) in [5.74, 6) is -0.137. The number of carbonyl (C=O) groups is 1. The Bertz CT molecular complexity index is 478. The summed E-state index contributed by atoms with van der Waals surface area (Å²) >= 11 is 8.49. The Labute approximate surface area is 128 Å². The van der Waals surface area contributed by atoms with Crippen LogP contribution in [0.1, 0.15) is 32.3 Å². The highest BCUT2D eigenvalue weighted by molar-refractivity contribution is 9.10. The van der Waals surface area contributed by atoms with Crippen LogP contribution >= 0.6 is 28.1 Å². The van der Waals surface area contributed by atoms with Gasteiger partial charge in [0.1, 0.15) is 0 Å². The number of nitrogens with two attached hydrogens (primary N) is 1. The van der Waals surface area contributed by atoms with Gasteiger partial charge < -0.3 is 11.1 Å². The van der Waals surface area contributed by atoms with Gasteiger partial charge in [0.2, 0.25) is 5.91 Å². The summed E-state index contributed by atoms with van der Waals surface area (Å²) < 4.78 is 0.928. The molecule has 1 aromatic rings. The van der Waals surface area contributed by atoms with Gasteiger partial charge in [0.05, 0.1) is 10.4 Å². The SMILES string of the molecule is CCC(CC)(C(=O)Nc1cc(C)cc(Br)c1)C(N)=S. The first kappa shape index (κ1) is 16.1. The maximum absolute atomic E-state index is 12.5. The molecule has 0 saturated heterocycles. The zero-order valence-electron chi connectivity index (χ0n) is 11.4. The lowest BCUT2D eigenvalue weighted by Gasteiger charge is -2.29. The maximum Gasteiger partial charge on any atom is 0.237 e. The van der Waals surface area contributed by atoms with Crippen molar-refractivity contribution in [1.29, 1.82) is 0 Å². The number of halogens is 1. The number of thiocarbonyl (C=S) groups is 1. The Morgan fingerprint density at radius 3 is 2.37 bits per heavy atom. The summed E-state index contributed by atoms with van der Waals surface area (Å²) in [5.41, 5.74) is 6.81. The number of nitrogens with one attached hydrogen (secondary N) is 1. The van der Waals surface area contributed by atoms with Crippen molar-refractivity contribution in [2.45, 2.75) is 33.6 Å². The molecule has 0 aliphatic carbocycles. The Morgan fingerprint density at radius 1 is 1.37 bits per heavy atom. The predicted molar refractivity (Wildman–Crippen MR) is 87.3 cm³/mol. The van der Waals surface area contributed by atoms with Crippen LogP contribution in [0.5, 0.6) is 0 Å². The molecule has 0 saturated carbocycles. The maximum atomic E-state index is 12.5. The van der Waals surface area contributed by atoms with Gasteiger partial charge in [-0.1, -0.05) is 42.0 Å². The van der Waals surface area contributed by atoms with E-state index < -0.39 is 5.41 Å². The van der Waals surface area contributed by atoms with E-state index in [-0.39, 0.29) is 10.9 Å². The Morgan fingerprint density at radius 2 is 1.95 bits per heavy atom. The van der Waals surface area contributed by atoms with Crippen LogP contribution in [0.2, 0.25) is 0 Å². The van der Waals surface area contributed by atoms with Gasteiger partial charge in [0.25, 0.3) is 0 Å². The molecule has 0 atom stereocenters. The van der Waals surface area contributed by atoms with Gasteiger partial charge in [0.15, 0.2) is 0 Å². The molecule has 1 amide bonds. The third kappa shape index (κ3) is 3.54. The molecule has 104 valence electrons. The van der Waals surface area contributed by atoms with Crippen molar-refractivity contribution in [3.05, 3.63) is 28.2 Å². The molecule has 0 heterocycles. The molecule has 3 nitrogen and oxygen atoms in total. The van der Waals surface area contributed by atoms with Crippen LogP contribution in [0, 0.1) is 12.3 Å². The van der Waals surface area contributed by atoms with E-state index in [1.165, 1.54) is 0 Å². The lowest BCUT2D eigenvalue weighted by molar-refractivity contribution is -0.122. The van der Waals surface area contributed by atoms with Crippen molar-refractivity contribution < 1.29 is 4.79 Å². The molecule has 1 aromatic carbocycles. The largest absolute Gasteiger partial charge is 0.392 e. The molecule has 0 unspecified atom stereocenters. The summed E-state index contributed by atoms with van der Waals surface area (Å²) in [6, 6.07) is 5.76. The first-order valence-electron chi connectivity index (χ1n) is 6.24. The number of hydrogen-bond acceptors (Lipinski definition) is 2. The average molecular weight is 343 g/mol. The second-order valence-electron chi connectivity index (χ2n) is 4.62. The number of benzene rings is 1. The summed E-state index contributed by atoms with van der Waals surface area (Å²) in [6.45, 7) is 5.82. The predicted octanol–water partition coefficient (Wildman–Crippen LogP) is 3.79. The number of hydrogen-bond donors (Lipinski definition) is 2. The Balaban J connectivity index is 3.03. The molecule has 19 heavy (non-hydrogen) atoms. The van der Waals surface area contributed by atoms with Crippen LogP contribution < -0.4 is 11.1 Å². The fourth-order valence-electron chi connectivity index (χ4n) is 2.09. The van der Waals surface area contributed by atoms with E-state index in [1.54, 1.807) is 0 Å². The molecule has 0 spiro atoms. The van der Waals surface area contributed by atoms with Crippen LogP contribution in [0.3, 0.4) is 0 Å². The van der Waals surface area contributed by atoms with E-state index in [0.717, 1.165) is 15.7 Å². The standard InChI is InChI=1S/C14H19BrN2OS/c1-4-14(5-2,12(16)19)13(18)17-11-7-9(3)6-10(15)8-11/h6-8H,4-5H2,1-3H3,(H2,16,19)(H,17,18). The van der Waals surface area contributed by atoms with Crippen molar-refractivity contribution in [3.63, 3.8) is 0 Å². The van der Waals surface area contributed by atoms with Crippen molar-refractivity contribution in [3.8, 4) is 0 Å². The number of rotatable bonds is 5. The monoisotopic (exact) mass is 342 g/mol. The molecular formula is C14H19BrN2OS. The van der Waals surface area contributed by atoms with Gasteiger partial charge in [-0.3, -0.25) is 4.79 Å². The van der Waals surface area contributed by atoms with Crippen molar-refractivity contribution >= 4 is 44.7 Å². The first-order chi connectivity index (χ1) is 8.85. The highest BCUT2D eigenvalue weighted by Gasteiger charge is 2.38. The molecule has 3 N–H and O–H groups in total. The van der Waals surface area contributed by atoms with Gasteiger partial charge in [-0.15, -0.1) is 0 Å². The summed E-state index contributed by atoms with van der Waals surface area (Å²) in [5, 5.41) is 2.91. The van der Waals surface area contributed by atoms with E-state index in [0.29, 0.717) is 12.8 Å². The molecule has 0 fully saturated rings. The third-order valence-corrected chi connectivity index (χ3v) is 4.26. The molecular weight excluding hydrogens is 324 g/mol. The average Bonchev–Trinajstić information content (AvgIpc) is 2.29. The van der Waals surface area contributed by atoms with Crippen LogP contribution in [0.25, 0.3) is 0 Å². The summed E-state index contributed by atoms with van der Waals surface area (Å²) in [4.78, 5) is 12.7. The highest BCUT2D eigenvalue weighted by Crippen LogP contribution is 2.29. The number of aryl methyl sites for hydroxylation is 1. The Hall–Kier alpha value is -0.940. The molecule has 0 aliphatic heterocycles.